The fourth-order valence-corrected chi connectivity index (χ4v) is 3.20. The van der Waals surface area contributed by atoms with E-state index in [-0.39, 0.29) is 11.7 Å². The van der Waals surface area contributed by atoms with Crippen LogP contribution in [0.1, 0.15) is 35.6 Å². The van der Waals surface area contributed by atoms with E-state index in [1.54, 1.807) is 31.2 Å². The third kappa shape index (κ3) is 5.17. The molecule has 3 rings (SSSR count). The quantitative estimate of drug-likeness (QED) is 0.462. The zero-order chi connectivity index (χ0) is 19.9. The number of carbonyl (C=O) groups is 2. The fraction of sp³-hybridized carbons (Fsp3) is 0.143. The van der Waals surface area contributed by atoms with Crippen LogP contribution in [0.2, 0.25) is 0 Å². The van der Waals surface area contributed by atoms with Crippen LogP contribution in [0.25, 0.3) is 12.2 Å². The molecule has 7 heteroatoms. The summed E-state index contributed by atoms with van der Waals surface area (Å²) in [6.07, 6.45) is 3.77. The van der Waals surface area contributed by atoms with Crippen molar-refractivity contribution in [2.75, 3.05) is 5.32 Å². The maximum atomic E-state index is 12.5. The van der Waals surface area contributed by atoms with E-state index < -0.39 is 5.25 Å². The molecule has 6 nitrogen and oxygen atoms in total. The van der Waals surface area contributed by atoms with Crippen LogP contribution in [-0.2, 0) is 4.79 Å². The zero-order valence-corrected chi connectivity index (χ0v) is 16.4. The van der Waals surface area contributed by atoms with Gasteiger partial charge in [-0.3, -0.25) is 14.7 Å². The van der Waals surface area contributed by atoms with Crippen molar-refractivity contribution in [3.05, 3.63) is 71.5 Å². The first-order valence-electron chi connectivity index (χ1n) is 8.76. The van der Waals surface area contributed by atoms with Gasteiger partial charge in [0.1, 0.15) is 5.82 Å². The minimum absolute atomic E-state index is 0.0972. The first-order chi connectivity index (χ1) is 13.5. The van der Waals surface area contributed by atoms with Crippen molar-refractivity contribution in [1.29, 1.82) is 0 Å². The van der Waals surface area contributed by atoms with Crippen LogP contribution >= 0.6 is 11.8 Å². The molecule has 0 fully saturated rings. The molecule has 3 aromatic rings. The number of hydrogen-bond donors (Lipinski definition) is 2. The first-order valence-corrected chi connectivity index (χ1v) is 9.64. The Labute approximate surface area is 167 Å². The van der Waals surface area contributed by atoms with Gasteiger partial charge in [-0.15, -0.1) is 5.10 Å². The number of aromatic amines is 1. The van der Waals surface area contributed by atoms with Crippen LogP contribution in [0.15, 0.2) is 59.8 Å². The number of nitrogens with one attached hydrogen (secondary N) is 2. The van der Waals surface area contributed by atoms with Gasteiger partial charge in [0.15, 0.2) is 5.78 Å². The molecule has 142 valence electrons. The van der Waals surface area contributed by atoms with Crippen LogP contribution in [-0.4, -0.2) is 32.1 Å². The number of amides is 1. The molecule has 0 spiro atoms. The van der Waals surface area contributed by atoms with Crippen LogP contribution < -0.4 is 5.32 Å². The normalized spacial score (nSPS) is 12.1. The number of H-pyrrole nitrogens is 1. The number of Topliss-reactive ketones (excluding diaryl/α,β-unsaturated/α-hetero) is 1. The predicted octanol–water partition coefficient (Wildman–Crippen LogP) is 4.30. The van der Waals surface area contributed by atoms with Crippen LogP contribution in [0, 0.1) is 0 Å². The highest BCUT2D eigenvalue weighted by atomic mass is 32.2. The van der Waals surface area contributed by atoms with E-state index in [0.717, 1.165) is 5.56 Å². The van der Waals surface area contributed by atoms with Crippen molar-refractivity contribution in [2.24, 2.45) is 0 Å². The van der Waals surface area contributed by atoms with E-state index in [1.807, 2.05) is 42.5 Å². The Balaban J connectivity index is 1.61. The highest BCUT2D eigenvalue weighted by Gasteiger charge is 2.18. The largest absolute Gasteiger partial charge is 0.324 e. The summed E-state index contributed by atoms with van der Waals surface area (Å²) in [5.74, 6) is 0.297. The number of rotatable bonds is 7. The third-order valence-electron chi connectivity index (χ3n) is 3.93. The number of para-hydroxylation sites is 1. The highest BCUT2D eigenvalue weighted by Crippen LogP contribution is 2.22. The average Bonchev–Trinajstić information content (AvgIpc) is 3.14. The van der Waals surface area contributed by atoms with Crippen molar-refractivity contribution in [2.45, 2.75) is 24.3 Å². The summed E-state index contributed by atoms with van der Waals surface area (Å²) in [6, 6.07) is 16.8. The first kappa shape index (κ1) is 19.6. The van der Waals surface area contributed by atoms with Gasteiger partial charge in [0.25, 0.3) is 0 Å². The molecule has 1 aromatic heterocycles. The van der Waals surface area contributed by atoms with E-state index in [9.17, 15) is 9.59 Å². The number of anilines is 1. The van der Waals surface area contributed by atoms with E-state index in [2.05, 4.69) is 20.5 Å². The molecule has 0 saturated carbocycles. The lowest BCUT2D eigenvalue weighted by molar-refractivity contribution is -0.115. The molecule has 2 N–H and O–H groups in total. The number of aromatic nitrogens is 3. The molecule has 0 radical (unpaired) electrons. The van der Waals surface area contributed by atoms with Gasteiger partial charge in [0.05, 0.1) is 10.9 Å². The van der Waals surface area contributed by atoms with Gasteiger partial charge in [-0.25, -0.2) is 4.98 Å². The molecule has 0 bridgehead atoms. The van der Waals surface area contributed by atoms with Gasteiger partial charge >= 0.3 is 0 Å². The average molecular weight is 392 g/mol. The SMILES string of the molecule is CC(=O)c1ccccc1NC(=O)C(C)Sc1n[nH]c(/C=C/c2ccccc2)n1. The number of benzene rings is 2. The third-order valence-corrected chi connectivity index (χ3v) is 4.89. The minimum Gasteiger partial charge on any atom is -0.324 e. The van der Waals surface area contributed by atoms with Gasteiger partial charge < -0.3 is 5.32 Å². The fourth-order valence-electron chi connectivity index (χ4n) is 2.47. The lowest BCUT2D eigenvalue weighted by atomic mass is 10.1. The van der Waals surface area contributed by atoms with Gasteiger partial charge in [0, 0.05) is 5.56 Å². The molecular weight excluding hydrogens is 372 g/mol. The predicted molar refractivity (Wildman–Crippen MR) is 112 cm³/mol. The van der Waals surface area contributed by atoms with Crippen molar-refractivity contribution in [1.82, 2.24) is 15.2 Å². The molecule has 1 atom stereocenters. The van der Waals surface area contributed by atoms with Gasteiger partial charge in [-0.2, -0.15) is 0 Å². The Morgan fingerprint density at radius 2 is 1.79 bits per heavy atom. The van der Waals surface area contributed by atoms with E-state index in [4.69, 9.17) is 0 Å². The number of thioether (sulfide) groups is 1. The Hall–Kier alpha value is -3.19. The Morgan fingerprint density at radius 3 is 2.54 bits per heavy atom. The molecule has 0 aliphatic heterocycles. The Kier molecular flexibility index (Phi) is 6.39. The molecule has 0 saturated heterocycles. The highest BCUT2D eigenvalue weighted by molar-refractivity contribution is 8.00. The minimum atomic E-state index is -0.429. The summed E-state index contributed by atoms with van der Waals surface area (Å²) < 4.78 is 0. The van der Waals surface area contributed by atoms with Crippen LogP contribution in [0.5, 0.6) is 0 Å². The van der Waals surface area contributed by atoms with E-state index in [1.165, 1.54) is 18.7 Å². The topological polar surface area (TPSA) is 87.7 Å². The maximum Gasteiger partial charge on any atom is 0.237 e. The molecule has 0 aliphatic rings. The van der Waals surface area contributed by atoms with Gasteiger partial charge in [0.2, 0.25) is 11.1 Å². The number of carbonyl (C=O) groups excluding carboxylic acids is 2. The number of ketones is 1. The molecule has 1 heterocycles. The van der Waals surface area contributed by atoms with E-state index >= 15 is 0 Å². The van der Waals surface area contributed by atoms with Crippen LogP contribution in [0.4, 0.5) is 5.69 Å². The van der Waals surface area contributed by atoms with Crippen molar-refractivity contribution in [3.8, 4) is 0 Å². The molecule has 0 aliphatic carbocycles. The molecule has 1 unspecified atom stereocenters. The van der Waals surface area contributed by atoms with Crippen molar-refractivity contribution in [3.63, 3.8) is 0 Å². The second kappa shape index (κ2) is 9.14. The Morgan fingerprint density at radius 1 is 1.07 bits per heavy atom. The van der Waals surface area contributed by atoms with Gasteiger partial charge in [-0.05, 0) is 37.6 Å². The summed E-state index contributed by atoms with van der Waals surface area (Å²) in [5.41, 5.74) is 2.05. The lowest BCUT2D eigenvalue weighted by Gasteiger charge is -2.12. The van der Waals surface area contributed by atoms with Gasteiger partial charge in [-0.1, -0.05) is 60.3 Å². The second-order valence-electron chi connectivity index (χ2n) is 6.10. The summed E-state index contributed by atoms with van der Waals surface area (Å²) >= 11 is 1.24. The zero-order valence-electron chi connectivity index (χ0n) is 15.5. The lowest BCUT2D eigenvalue weighted by Crippen LogP contribution is -2.23. The monoisotopic (exact) mass is 392 g/mol. The summed E-state index contributed by atoms with van der Waals surface area (Å²) in [6.45, 7) is 3.24. The molecular formula is C21H20N4O2S. The molecule has 2 aromatic carbocycles. The van der Waals surface area contributed by atoms with E-state index in [0.29, 0.717) is 22.2 Å². The van der Waals surface area contributed by atoms with Crippen molar-refractivity contribution < 1.29 is 9.59 Å². The number of hydrogen-bond acceptors (Lipinski definition) is 5. The summed E-state index contributed by atoms with van der Waals surface area (Å²) in [5, 5.41) is 9.85. The summed E-state index contributed by atoms with van der Waals surface area (Å²) in [7, 11) is 0. The Bertz CT molecular complexity index is 998. The van der Waals surface area contributed by atoms with Crippen molar-refractivity contribution >= 4 is 41.3 Å². The molecule has 28 heavy (non-hydrogen) atoms. The van der Waals surface area contributed by atoms with Crippen LogP contribution in [0.3, 0.4) is 0 Å². The second-order valence-corrected chi connectivity index (χ2v) is 7.41. The standard InChI is InChI=1S/C21H20N4O2S/c1-14(26)17-10-6-7-11-18(17)22-20(27)15(2)28-21-23-19(24-25-21)13-12-16-8-4-3-5-9-16/h3-13,15H,1-2H3,(H,22,27)(H,23,24,25)/b13-12+. The smallest absolute Gasteiger partial charge is 0.237 e. The molecule has 1 amide bonds. The number of nitrogens with zero attached hydrogens (tertiary/aromatic N) is 2. The summed E-state index contributed by atoms with van der Waals surface area (Å²) in [4.78, 5) is 28.6. The maximum absolute atomic E-state index is 12.5.